The average molecular weight is 387 g/mol. The van der Waals surface area contributed by atoms with E-state index in [1.54, 1.807) is 17.7 Å². The highest BCUT2D eigenvalue weighted by atomic mass is 35.5. The minimum Gasteiger partial charge on any atom is -0.461 e. The van der Waals surface area contributed by atoms with E-state index in [0.29, 0.717) is 18.0 Å². The summed E-state index contributed by atoms with van der Waals surface area (Å²) >= 11 is 6.32. The Morgan fingerprint density at radius 1 is 1.48 bits per heavy atom. The summed E-state index contributed by atoms with van der Waals surface area (Å²) in [6, 6.07) is 0.290. The normalized spacial score (nSPS) is 29.1. The zero-order chi connectivity index (χ0) is 18.6. The Balaban J connectivity index is 1.96. The first-order chi connectivity index (χ1) is 11.5. The van der Waals surface area contributed by atoms with Crippen molar-refractivity contribution in [3.05, 3.63) is 22.1 Å². The molecule has 0 spiro atoms. The van der Waals surface area contributed by atoms with Gasteiger partial charge in [-0.2, -0.15) is 4.98 Å². The lowest BCUT2D eigenvalue weighted by Crippen LogP contribution is -2.54. The second kappa shape index (κ2) is 6.08. The first-order valence-electron chi connectivity index (χ1n) is 8.63. The molecule has 1 unspecified atom stereocenters. The summed E-state index contributed by atoms with van der Waals surface area (Å²) in [6.45, 7) is 13.0. The predicted octanol–water partition coefficient (Wildman–Crippen LogP) is 3.23. The Hall–Kier alpha value is -0.893. The van der Waals surface area contributed by atoms with E-state index in [4.69, 9.17) is 25.5 Å². The maximum Gasteiger partial charge on any atom is 0.301 e. The van der Waals surface area contributed by atoms with Gasteiger partial charge in [-0.1, -0.05) is 20.8 Å². The van der Waals surface area contributed by atoms with Gasteiger partial charge in [0, 0.05) is 18.2 Å². The van der Waals surface area contributed by atoms with Crippen molar-refractivity contribution < 1.29 is 13.9 Å². The molecule has 8 heteroatoms. The van der Waals surface area contributed by atoms with Crippen LogP contribution in [0.4, 0.5) is 0 Å². The number of hydrogen-bond donors (Lipinski definition) is 0. The van der Waals surface area contributed by atoms with Crippen LogP contribution in [0.1, 0.15) is 39.0 Å². The number of fused-ring (bicyclic) bond motifs is 4. The summed E-state index contributed by atoms with van der Waals surface area (Å²) < 4.78 is 20.6. The molecule has 0 amide bonds. The van der Waals surface area contributed by atoms with Crippen LogP contribution in [-0.2, 0) is 9.16 Å². The van der Waals surface area contributed by atoms with Gasteiger partial charge in [0.05, 0.1) is 12.0 Å². The minimum atomic E-state index is -1.99. The molecule has 3 heterocycles. The third-order valence-corrected chi connectivity index (χ3v) is 10.6. The second-order valence-electron chi connectivity index (χ2n) is 8.58. The number of halogens is 1. The van der Waals surface area contributed by atoms with Gasteiger partial charge in [-0.25, -0.2) is 0 Å². The zero-order valence-corrected chi connectivity index (χ0v) is 17.5. The highest BCUT2D eigenvalue weighted by Crippen LogP contribution is 2.47. The quantitative estimate of drug-likeness (QED) is 0.589. The van der Waals surface area contributed by atoms with Gasteiger partial charge in [0.15, 0.2) is 8.32 Å². The van der Waals surface area contributed by atoms with E-state index >= 15 is 0 Å². The molecule has 2 bridgehead atoms. The van der Waals surface area contributed by atoms with Crippen molar-refractivity contribution >= 4 is 19.9 Å². The highest BCUT2D eigenvalue weighted by Gasteiger charge is 2.55. The molecule has 0 aromatic carbocycles. The van der Waals surface area contributed by atoms with Crippen molar-refractivity contribution in [2.75, 3.05) is 12.5 Å². The first-order valence-corrected chi connectivity index (χ1v) is 12.1. The summed E-state index contributed by atoms with van der Waals surface area (Å²) in [5.74, 6) is 0.264. The third kappa shape index (κ3) is 3.16. The van der Waals surface area contributed by atoms with E-state index in [1.165, 1.54) is 0 Å². The number of nitrogens with zero attached hydrogens (tertiary/aromatic N) is 2. The number of aromatic nitrogens is 2. The number of aryl methyl sites for hydroxylation is 1. The summed E-state index contributed by atoms with van der Waals surface area (Å²) in [4.78, 5) is 15.9. The molecule has 0 saturated carbocycles. The molecular formula is C17H27ClN2O4Si. The van der Waals surface area contributed by atoms with Crippen LogP contribution in [0.5, 0.6) is 6.01 Å². The fourth-order valence-corrected chi connectivity index (χ4v) is 4.67. The molecule has 1 saturated heterocycles. The Morgan fingerprint density at radius 2 is 2.16 bits per heavy atom. The highest BCUT2D eigenvalue weighted by molar-refractivity contribution is 6.74. The Kier molecular flexibility index (Phi) is 4.59. The van der Waals surface area contributed by atoms with Crippen LogP contribution in [0, 0.1) is 6.92 Å². The molecule has 3 rings (SSSR count). The molecule has 2 aliphatic rings. The summed E-state index contributed by atoms with van der Waals surface area (Å²) in [6.07, 6.45) is 1.97. The maximum absolute atomic E-state index is 11.8. The van der Waals surface area contributed by atoms with Crippen molar-refractivity contribution in [2.45, 2.75) is 70.2 Å². The van der Waals surface area contributed by atoms with Crippen molar-refractivity contribution in [1.82, 2.24) is 9.55 Å². The molecule has 2 aliphatic heterocycles. The van der Waals surface area contributed by atoms with Crippen LogP contribution < -0.4 is 10.3 Å². The van der Waals surface area contributed by atoms with Gasteiger partial charge in [0.25, 0.3) is 5.56 Å². The molecule has 0 radical (unpaired) electrons. The smallest absolute Gasteiger partial charge is 0.301 e. The molecule has 1 fully saturated rings. The lowest BCUT2D eigenvalue weighted by molar-refractivity contribution is -0.0900. The maximum atomic E-state index is 11.8. The van der Waals surface area contributed by atoms with Gasteiger partial charge in [-0.15, -0.1) is 11.6 Å². The topological polar surface area (TPSA) is 62.6 Å². The van der Waals surface area contributed by atoms with Crippen LogP contribution >= 0.6 is 11.6 Å². The third-order valence-electron chi connectivity index (χ3n) is 5.69. The zero-order valence-electron chi connectivity index (χ0n) is 15.8. The molecule has 140 valence electrons. The second-order valence-corrected chi connectivity index (χ2v) is 13.6. The van der Waals surface area contributed by atoms with Crippen molar-refractivity contribution in [2.24, 2.45) is 0 Å². The fraction of sp³-hybridized carbons (Fsp3) is 0.765. The van der Waals surface area contributed by atoms with Gasteiger partial charge in [-0.3, -0.25) is 9.36 Å². The van der Waals surface area contributed by atoms with Crippen LogP contribution in [0.2, 0.25) is 18.1 Å². The summed E-state index contributed by atoms with van der Waals surface area (Å²) in [5, 5.41) is 0.0920. The van der Waals surface area contributed by atoms with Crippen LogP contribution in [-0.4, -0.2) is 42.1 Å². The Bertz CT molecular complexity index is 730. The van der Waals surface area contributed by atoms with Gasteiger partial charge in [0.2, 0.25) is 0 Å². The molecule has 0 N–H and O–H groups in total. The Labute approximate surface area is 154 Å². The summed E-state index contributed by atoms with van der Waals surface area (Å²) in [5.41, 5.74) is -0.451. The SMILES string of the molecule is Cc1cn2c(nc1=O)OC[C@@]1(CCl)O[C@@H]2CC1O[Si](C)(C)C(C)(C)C. The van der Waals surface area contributed by atoms with Crippen LogP contribution in [0.25, 0.3) is 0 Å². The van der Waals surface area contributed by atoms with E-state index < -0.39 is 13.9 Å². The predicted molar refractivity (Wildman–Crippen MR) is 99.0 cm³/mol. The van der Waals surface area contributed by atoms with Gasteiger partial charge in [-0.05, 0) is 25.1 Å². The van der Waals surface area contributed by atoms with Gasteiger partial charge < -0.3 is 13.9 Å². The molecule has 0 aliphatic carbocycles. The number of rotatable bonds is 3. The van der Waals surface area contributed by atoms with E-state index in [-0.39, 0.29) is 35.4 Å². The minimum absolute atomic E-state index is 0.0920. The van der Waals surface area contributed by atoms with E-state index in [2.05, 4.69) is 38.8 Å². The number of ether oxygens (including phenoxy) is 2. The fourth-order valence-electron chi connectivity index (χ4n) is 2.99. The van der Waals surface area contributed by atoms with Crippen molar-refractivity contribution in [1.29, 1.82) is 0 Å². The molecule has 1 aromatic heterocycles. The van der Waals surface area contributed by atoms with Crippen molar-refractivity contribution in [3.8, 4) is 6.01 Å². The van der Waals surface area contributed by atoms with Crippen LogP contribution in [0.15, 0.2) is 11.0 Å². The molecular weight excluding hydrogens is 360 g/mol. The van der Waals surface area contributed by atoms with E-state index in [1.807, 2.05) is 0 Å². The number of alkyl halides is 1. The molecule has 6 nitrogen and oxygen atoms in total. The van der Waals surface area contributed by atoms with E-state index in [0.717, 1.165) is 0 Å². The molecule has 1 aromatic rings. The number of hydrogen-bond acceptors (Lipinski definition) is 5. The summed E-state index contributed by atoms with van der Waals surface area (Å²) in [7, 11) is -1.99. The van der Waals surface area contributed by atoms with E-state index in [9.17, 15) is 4.79 Å². The van der Waals surface area contributed by atoms with Crippen molar-refractivity contribution in [3.63, 3.8) is 0 Å². The first kappa shape index (κ1) is 18.9. The Morgan fingerprint density at radius 3 is 2.76 bits per heavy atom. The van der Waals surface area contributed by atoms with Gasteiger partial charge in [0.1, 0.15) is 18.4 Å². The lowest BCUT2D eigenvalue weighted by Gasteiger charge is -2.42. The molecule has 25 heavy (non-hydrogen) atoms. The van der Waals surface area contributed by atoms with Crippen LogP contribution in [0.3, 0.4) is 0 Å². The lowest BCUT2D eigenvalue weighted by atomic mass is 10.00. The average Bonchev–Trinajstić information content (AvgIpc) is 2.77. The standard InChI is InChI=1S/C17H27ClN2O4Si/c1-11-8-20-13-7-12(24-25(5,6)16(2,3)4)17(9-18,23-13)10-22-15(20)19-14(11)21/h8,12-13H,7,9-10H2,1-6H3/t12?,13-,17-/m1/s1. The largest absolute Gasteiger partial charge is 0.461 e. The van der Waals surface area contributed by atoms with Gasteiger partial charge >= 0.3 is 6.01 Å². The monoisotopic (exact) mass is 386 g/mol. The molecule has 3 atom stereocenters.